The van der Waals surface area contributed by atoms with Crippen LogP contribution >= 0.6 is 0 Å². The standard InChI is InChI=1S/C15H24N2O3S/c1-15(18,11-17(2)3)10-16-21(19,20)14-8-7-12-5-4-6-13(12)9-14/h7-9,16,18H,4-6,10-11H2,1-3H3. The molecule has 0 saturated carbocycles. The Hall–Kier alpha value is -0.950. The third-order valence-electron chi connectivity index (χ3n) is 3.68. The summed E-state index contributed by atoms with van der Waals surface area (Å²) in [5.41, 5.74) is 1.26. The number of rotatable bonds is 6. The van der Waals surface area contributed by atoms with E-state index in [9.17, 15) is 13.5 Å². The molecular weight excluding hydrogens is 288 g/mol. The Labute approximate surface area is 127 Å². The van der Waals surface area contributed by atoms with Crippen molar-refractivity contribution in [2.45, 2.75) is 36.7 Å². The summed E-state index contributed by atoms with van der Waals surface area (Å²) in [6.07, 6.45) is 3.06. The number of aryl methyl sites for hydroxylation is 2. The molecule has 2 rings (SSSR count). The molecule has 0 spiro atoms. The summed E-state index contributed by atoms with van der Waals surface area (Å²) < 4.78 is 27.2. The van der Waals surface area contributed by atoms with Crippen molar-refractivity contribution in [1.82, 2.24) is 9.62 Å². The zero-order valence-electron chi connectivity index (χ0n) is 12.9. The second-order valence-electron chi connectivity index (χ2n) is 6.34. The highest BCUT2D eigenvalue weighted by molar-refractivity contribution is 7.89. The van der Waals surface area contributed by atoms with Gasteiger partial charge < -0.3 is 10.0 Å². The summed E-state index contributed by atoms with van der Waals surface area (Å²) in [5.74, 6) is 0. The van der Waals surface area contributed by atoms with E-state index in [1.807, 2.05) is 25.1 Å². The first kappa shape index (κ1) is 16.4. The van der Waals surface area contributed by atoms with Crippen LogP contribution in [0.4, 0.5) is 0 Å². The van der Waals surface area contributed by atoms with Crippen LogP contribution in [0.3, 0.4) is 0 Å². The van der Waals surface area contributed by atoms with Crippen LogP contribution in [0.25, 0.3) is 0 Å². The second-order valence-corrected chi connectivity index (χ2v) is 8.11. The topological polar surface area (TPSA) is 69.6 Å². The highest BCUT2D eigenvalue weighted by Gasteiger charge is 2.25. The summed E-state index contributed by atoms with van der Waals surface area (Å²) in [7, 11) is 0.0942. The van der Waals surface area contributed by atoms with Gasteiger partial charge in [0.1, 0.15) is 0 Å². The molecule has 1 atom stereocenters. The molecule has 6 heteroatoms. The van der Waals surface area contributed by atoms with Gasteiger partial charge in [0.15, 0.2) is 0 Å². The molecule has 1 aliphatic carbocycles. The van der Waals surface area contributed by atoms with Crippen LogP contribution in [-0.4, -0.2) is 51.2 Å². The minimum Gasteiger partial charge on any atom is -0.387 e. The fraction of sp³-hybridized carbons (Fsp3) is 0.600. The van der Waals surface area contributed by atoms with Gasteiger partial charge in [-0.1, -0.05) is 6.07 Å². The number of likely N-dealkylation sites (N-methyl/N-ethyl adjacent to an activating group) is 1. The average molecular weight is 312 g/mol. The van der Waals surface area contributed by atoms with Crippen LogP contribution in [0.15, 0.2) is 23.1 Å². The first-order valence-electron chi connectivity index (χ1n) is 7.18. The van der Waals surface area contributed by atoms with Gasteiger partial charge in [-0.15, -0.1) is 0 Å². The molecule has 0 aliphatic heterocycles. The van der Waals surface area contributed by atoms with Crippen molar-refractivity contribution < 1.29 is 13.5 Å². The highest BCUT2D eigenvalue weighted by Crippen LogP contribution is 2.24. The lowest BCUT2D eigenvalue weighted by atomic mass is 10.1. The second kappa shape index (κ2) is 6.04. The van der Waals surface area contributed by atoms with Gasteiger partial charge in [0.05, 0.1) is 10.5 Å². The average Bonchev–Trinajstić information content (AvgIpc) is 2.82. The van der Waals surface area contributed by atoms with Gasteiger partial charge in [0.2, 0.25) is 10.0 Å². The summed E-state index contributed by atoms with van der Waals surface area (Å²) in [5, 5.41) is 10.2. The van der Waals surface area contributed by atoms with E-state index < -0.39 is 15.6 Å². The first-order valence-corrected chi connectivity index (χ1v) is 8.66. The molecule has 0 radical (unpaired) electrons. The number of fused-ring (bicyclic) bond motifs is 1. The maximum Gasteiger partial charge on any atom is 0.240 e. The Morgan fingerprint density at radius 1 is 1.29 bits per heavy atom. The quantitative estimate of drug-likeness (QED) is 0.814. The Balaban J connectivity index is 2.08. The van der Waals surface area contributed by atoms with Crippen molar-refractivity contribution in [3.8, 4) is 0 Å². The molecule has 2 N–H and O–H groups in total. The van der Waals surface area contributed by atoms with Crippen molar-refractivity contribution >= 4 is 10.0 Å². The van der Waals surface area contributed by atoms with E-state index in [2.05, 4.69) is 4.72 Å². The SMILES string of the molecule is CN(C)CC(C)(O)CNS(=O)(=O)c1ccc2c(c1)CCC2. The zero-order valence-corrected chi connectivity index (χ0v) is 13.7. The molecule has 0 amide bonds. The predicted molar refractivity (Wildman–Crippen MR) is 82.8 cm³/mol. The smallest absolute Gasteiger partial charge is 0.240 e. The van der Waals surface area contributed by atoms with Crippen LogP contribution in [0.5, 0.6) is 0 Å². The van der Waals surface area contributed by atoms with Gasteiger partial charge in [0, 0.05) is 13.1 Å². The Bertz CT molecular complexity index is 609. The molecule has 118 valence electrons. The zero-order chi connectivity index (χ0) is 15.7. The number of sulfonamides is 1. The number of nitrogens with one attached hydrogen (secondary N) is 1. The molecule has 0 fully saturated rings. The molecular formula is C15H24N2O3S. The predicted octanol–water partition coefficient (Wildman–Crippen LogP) is 0.766. The van der Waals surface area contributed by atoms with Crippen LogP contribution < -0.4 is 4.72 Å². The number of hydrogen-bond donors (Lipinski definition) is 2. The van der Waals surface area contributed by atoms with Crippen molar-refractivity contribution in [1.29, 1.82) is 0 Å². The summed E-state index contributed by atoms with van der Waals surface area (Å²) in [6.45, 7) is 2.00. The van der Waals surface area contributed by atoms with E-state index in [1.165, 1.54) is 5.56 Å². The van der Waals surface area contributed by atoms with E-state index in [0.717, 1.165) is 24.8 Å². The molecule has 0 bridgehead atoms. The minimum absolute atomic E-state index is 0.00933. The van der Waals surface area contributed by atoms with Crippen LogP contribution in [0, 0.1) is 0 Å². The van der Waals surface area contributed by atoms with E-state index in [1.54, 1.807) is 19.1 Å². The van der Waals surface area contributed by atoms with Crippen LogP contribution in [0.1, 0.15) is 24.5 Å². The molecule has 1 aromatic carbocycles. The third kappa shape index (κ3) is 4.26. The van der Waals surface area contributed by atoms with Gasteiger partial charge in [-0.25, -0.2) is 13.1 Å². The largest absolute Gasteiger partial charge is 0.387 e. The molecule has 0 heterocycles. The molecule has 21 heavy (non-hydrogen) atoms. The van der Waals surface area contributed by atoms with Crippen molar-refractivity contribution in [2.24, 2.45) is 0 Å². The van der Waals surface area contributed by atoms with E-state index in [4.69, 9.17) is 0 Å². The molecule has 1 aromatic rings. The van der Waals surface area contributed by atoms with E-state index in [-0.39, 0.29) is 11.4 Å². The van der Waals surface area contributed by atoms with Gasteiger partial charge in [-0.05, 0) is 63.5 Å². The highest BCUT2D eigenvalue weighted by atomic mass is 32.2. The summed E-state index contributed by atoms with van der Waals surface area (Å²) in [6, 6.07) is 5.30. The lowest BCUT2D eigenvalue weighted by Crippen LogP contribution is -2.47. The van der Waals surface area contributed by atoms with Crippen molar-refractivity contribution in [2.75, 3.05) is 27.2 Å². The number of hydrogen-bond acceptors (Lipinski definition) is 4. The molecule has 5 nitrogen and oxygen atoms in total. The molecule has 0 aromatic heterocycles. The molecule has 0 saturated heterocycles. The van der Waals surface area contributed by atoms with Gasteiger partial charge in [0.25, 0.3) is 0 Å². The number of nitrogens with zero attached hydrogens (tertiary/aromatic N) is 1. The number of aliphatic hydroxyl groups is 1. The van der Waals surface area contributed by atoms with Gasteiger partial charge >= 0.3 is 0 Å². The van der Waals surface area contributed by atoms with Gasteiger partial charge in [-0.2, -0.15) is 0 Å². The first-order chi connectivity index (χ1) is 9.70. The molecule has 1 aliphatic rings. The Morgan fingerprint density at radius 2 is 1.95 bits per heavy atom. The monoisotopic (exact) mass is 312 g/mol. The molecule has 1 unspecified atom stereocenters. The third-order valence-corrected chi connectivity index (χ3v) is 5.08. The summed E-state index contributed by atoms with van der Waals surface area (Å²) >= 11 is 0. The fourth-order valence-corrected chi connectivity index (χ4v) is 4.00. The summed E-state index contributed by atoms with van der Waals surface area (Å²) in [4.78, 5) is 2.10. The normalized spacial score (nSPS) is 17.8. The Kier molecular flexibility index (Phi) is 4.72. The minimum atomic E-state index is -3.58. The number of benzene rings is 1. The fourth-order valence-electron chi connectivity index (χ4n) is 2.79. The van der Waals surface area contributed by atoms with Crippen molar-refractivity contribution in [3.63, 3.8) is 0 Å². The van der Waals surface area contributed by atoms with Gasteiger partial charge in [-0.3, -0.25) is 0 Å². The lowest BCUT2D eigenvalue weighted by Gasteiger charge is -2.27. The van der Waals surface area contributed by atoms with E-state index >= 15 is 0 Å². The lowest BCUT2D eigenvalue weighted by molar-refractivity contribution is 0.0386. The van der Waals surface area contributed by atoms with Crippen LogP contribution in [-0.2, 0) is 22.9 Å². The maximum atomic E-state index is 12.3. The maximum absolute atomic E-state index is 12.3. The Morgan fingerprint density at radius 3 is 2.62 bits per heavy atom. The van der Waals surface area contributed by atoms with Crippen molar-refractivity contribution in [3.05, 3.63) is 29.3 Å². The van der Waals surface area contributed by atoms with Crippen LogP contribution in [0.2, 0.25) is 0 Å². The van der Waals surface area contributed by atoms with E-state index in [0.29, 0.717) is 6.54 Å².